The molecule has 1 aromatic carbocycles. The van der Waals surface area contributed by atoms with E-state index in [0.29, 0.717) is 11.1 Å². The fourth-order valence-electron chi connectivity index (χ4n) is 2.05. The third-order valence-corrected chi connectivity index (χ3v) is 3.11. The summed E-state index contributed by atoms with van der Waals surface area (Å²) in [7, 11) is 0. The first-order valence-corrected chi connectivity index (χ1v) is 6.37. The van der Waals surface area contributed by atoms with E-state index in [-0.39, 0.29) is 12.8 Å². The lowest BCUT2D eigenvalue weighted by Gasteiger charge is -2.14. The lowest BCUT2D eigenvalue weighted by Crippen LogP contribution is -2.41. The van der Waals surface area contributed by atoms with Gasteiger partial charge in [0.05, 0.1) is 11.1 Å². The quantitative estimate of drug-likeness (QED) is 0.621. The summed E-state index contributed by atoms with van der Waals surface area (Å²) in [6.45, 7) is 0. The number of aliphatic carboxylic acids is 1. The van der Waals surface area contributed by atoms with Crippen LogP contribution in [0, 0.1) is 0 Å². The number of aromatic amines is 1. The van der Waals surface area contributed by atoms with Gasteiger partial charge in [-0.05, 0) is 18.6 Å². The van der Waals surface area contributed by atoms with Crippen molar-refractivity contribution in [2.45, 2.75) is 18.9 Å². The van der Waals surface area contributed by atoms with Gasteiger partial charge in [-0.1, -0.05) is 12.1 Å². The van der Waals surface area contributed by atoms with Gasteiger partial charge in [0.25, 0.3) is 5.91 Å². The third-order valence-electron chi connectivity index (χ3n) is 3.11. The van der Waals surface area contributed by atoms with Crippen molar-refractivity contribution in [1.29, 1.82) is 0 Å². The SMILES string of the molecule is NC(=O)CCC(NC(=O)c1cccc2cc[nH]c12)C(=O)O. The minimum Gasteiger partial charge on any atom is -0.480 e. The van der Waals surface area contributed by atoms with Crippen LogP contribution in [0.4, 0.5) is 0 Å². The van der Waals surface area contributed by atoms with E-state index >= 15 is 0 Å². The van der Waals surface area contributed by atoms with E-state index in [2.05, 4.69) is 10.3 Å². The normalized spacial score (nSPS) is 12.0. The molecule has 0 spiro atoms. The Morgan fingerprint density at radius 3 is 2.71 bits per heavy atom. The minimum atomic E-state index is -1.21. The van der Waals surface area contributed by atoms with Crippen molar-refractivity contribution in [3.8, 4) is 0 Å². The van der Waals surface area contributed by atoms with Crippen LogP contribution in [-0.4, -0.2) is 33.9 Å². The topological polar surface area (TPSA) is 125 Å². The Hall–Kier alpha value is -2.83. The maximum atomic E-state index is 12.2. The molecule has 2 amide bonds. The molecule has 7 heteroatoms. The number of nitrogens with one attached hydrogen (secondary N) is 2. The Kier molecular flexibility index (Phi) is 4.22. The number of hydrogen-bond donors (Lipinski definition) is 4. The summed E-state index contributed by atoms with van der Waals surface area (Å²) >= 11 is 0. The van der Waals surface area contributed by atoms with E-state index in [1.807, 2.05) is 12.1 Å². The summed E-state index contributed by atoms with van der Waals surface area (Å²) in [5, 5.41) is 12.3. The fourth-order valence-corrected chi connectivity index (χ4v) is 2.05. The smallest absolute Gasteiger partial charge is 0.326 e. The number of nitrogens with two attached hydrogens (primary N) is 1. The van der Waals surface area contributed by atoms with Gasteiger partial charge in [0, 0.05) is 18.0 Å². The van der Waals surface area contributed by atoms with E-state index < -0.39 is 23.8 Å². The average Bonchev–Trinajstić information content (AvgIpc) is 2.90. The minimum absolute atomic E-state index is 0.0445. The third kappa shape index (κ3) is 3.38. The van der Waals surface area contributed by atoms with Crippen LogP contribution < -0.4 is 11.1 Å². The second-order valence-corrected chi connectivity index (χ2v) is 4.62. The molecular weight excluding hydrogens is 274 g/mol. The van der Waals surface area contributed by atoms with Crippen LogP contribution in [0.1, 0.15) is 23.2 Å². The maximum absolute atomic E-state index is 12.2. The number of carbonyl (C=O) groups excluding carboxylic acids is 2. The maximum Gasteiger partial charge on any atom is 0.326 e. The molecule has 0 radical (unpaired) electrons. The molecule has 5 N–H and O–H groups in total. The number of rotatable bonds is 6. The molecule has 0 saturated heterocycles. The van der Waals surface area contributed by atoms with Crippen molar-refractivity contribution in [3.05, 3.63) is 36.0 Å². The zero-order valence-electron chi connectivity index (χ0n) is 11.1. The monoisotopic (exact) mass is 289 g/mol. The van der Waals surface area contributed by atoms with Gasteiger partial charge in [-0.2, -0.15) is 0 Å². The van der Waals surface area contributed by atoms with Crippen molar-refractivity contribution in [3.63, 3.8) is 0 Å². The predicted octanol–water partition coefficient (Wildman–Crippen LogP) is 0.616. The van der Waals surface area contributed by atoms with Gasteiger partial charge in [-0.15, -0.1) is 0 Å². The van der Waals surface area contributed by atoms with Crippen LogP contribution in [0.3, 0.4) is 0 Å². The molecule has 21 heavy (non-hydrogen) atoms. The summed E-state index contributed by atoms with van der Waals surface area (Å²) < 4.78 is 0. The first-order valence-electron chi connectivity index (χ1n) is 6.37. The number of H-pyrrole nitrogens is 1. The van der Waals surface area contributed by atoms with E-state index in [9.17, 15) is 14.4 Å². The molecule has 1 heterocycles. The number of hydrogen-bond acceptors (Lipinski definition) is 3. The number of para-hydroxylation sites is 1. The zero-order valence-corrected chi connectivity index (χ0v) is 11.1. The molecule has 0 aliphatic carbocycles. The van der Waals surface area contributed by atoms with Crippen molar-refractivity contribution >= 4 is 28.7 Å². The van der Waals surface area contributed by atoms with Gasteiger partial charge in [0.2, 0.25) is 5.91 Å². The molecule has 0 aliphatic heterocycles. The largest absolute Gasteiger partial charge is 0.480 e. The molecule has 0 fully saturated rings. The predicted molar refractivity (Wildman–Crippen MR) is 75.6 cm³/mol. The Morgan fingerprint density at radius 2 is 2.05 bits per heavy atom. The molecule has 2 rings (SSSR count). The van der Waals surface area contributed by atoms with Crippen LogP contribution in [0.2, 0.25) is 0 Å². The Labute approximate surface area is 120 Å². The summed E-state index contributed by atoms with van der Waals surface area (Å²) in [6.07, 6.45) is 1.55. The molecular formula is C14H15N3O4. The Bertz CT molecular complexity index is 692. The van der Waals surface area contributed by atoms with Crippen molar-refractivity contribution in [2.75, 3.05) is 0 Å². The van der Waals surface area contributed by atoms with Crippen molar-refractivity contribution < 1.29 is 19.5 Å². The van der Waals surface area contributed by atoms with E-state index in [1.165, 1.54) is 0 Å². The molecule has 1 atom stereocenters. The highest BCUT2D eigenvalue weighted by molar-refractivity contribution is 6.06. The molecule has 1 unspecified atom stereocenters. The van der Waals surface area contributed by atoms with Gasteiger partial charge < -0.3 is 21.1 Å². The fraction of sp³-hybridized carbons (Fsp3) is 0.214. The summed E-state index contributed by atoms with van der Waals surface area (Å²) in [4.78, 5) is 37.0. The summed E-state index contributed by atoms with van der Waals surface area (Å²) in [5.74, 6) is -2.33. The molecule has 0 aliphatic rings. The molecule has 0 bridgehead atoms. The highest BCUT2D eigenvalue weighted by atomic mass is 16.4. The van der Waals surface area contributed by atoms with Crippen LogP contribution >= 0.6 is 0 Å². The lowest BCUT2D eigenvalue weighted by atomic mass is 10.1. The lowest BCUT2D eigenvalue weighted by molar-refractivity contribution is -0.139. The molecule has 2 aromatic rings. The van der Waals surface area contributed by atoms with E-state index in [0.717, 1.165) is 5.39 Å². The van der Waals surface area contributed by atoms with E-state index in [1.54, 1.807) is 18.3 Å². The van der Waals surface area contributed by atoms with Gasteiger partial charge in [-0.3, -0.25) is 9.59 Å². The van der Waals surface area contributed by atoms with Crippen LogP contribution in [0.15, 0.2) is 30.5 Å². The number of aromatic nitrogens is 1. The highest BCUT2D eigenvalue weighted by Gasteiger charge is 2.22. The van der Waals surface area contributed by atoms with Crippen molar-refractivity contribution in [1.82, 2.24) is 10.3 Å². The van der Waals surface area contributed by atoms with Gasteiger partial charge >= 0.3 is 5.97 Å². The van der Waals surface area contributed by atoms with Crippen LogP contribution in [-0.2, 0) is 9.59 Å². The molecule has 0 saturated carbocycles. The first-order chi connectivity index (χ1) is 9.99. The number of primary amides is 1. The number of fused-ring (bicyclic) bond motifs is 1. The number of benzene rings is 1. The highest BCUT2D eigenvalue weighted by Crippen LogP contribution is 2.17. The van der Waals surface area contributed by atoms with Crippen LogP contribution in [0.25, 0.3) is 10.9 Å². The molecule has 7 nitrogen and oxygen atoms in total. The van der Waals surface area contributed by atoms with Crippen molar-refractivity contribution in [2.24, 2.45) is 5.73 Å². The van der Waals surface area contributed by atoms with Crippen LogP contribution in [0.5, 0.6) is 0 Å². The number of carboxylic acids is 1. The molecule has 1 aromatic heterocycles. The number of amides is 2. The summed E-state index contributed by atoms with van der Waals surface area (Å²) in [6, 6.07) is 5.80. The van der Waals surface area contributed by atoms with Gasteiger partial charge in [0.15, 0.2) is 0 Å². The summed E-state index contributed by atoms with van der Waals surface area (Å²) in [5.41, 5.74) is 5.98. The standard InChI is InChI=1S/C14H15N3O4/c15-11(18)5-4-10(14(20)21)17-13(19)9-3-1-2-8-6-7-16-12(8)9/h1-3,6-7,10,16H,4-5H2,(H2,15,18)(H,17,19)(H,20,21). The van der Waals surface area contributed by atoms with Gasteiger partial charge in [-0.25, -0.2) is 4.79 Å². The second-order valence-electron chi connectivity index (χ2n) is 4.62. The second kappa shape index (κ2) is 6.08. The Morgan fingerprint density at radius 1 is 1.29 bits per heavy atom. The first kappa shape index (κ1) is 14.6. The number of carboxylic acid groups (broad SMARTS) is 1. The van der Waals surface area contributed by atoms with E-state index in [4.69, 9.17) is 10.8 Å². The average molecular weight is 289 g/mol. The zero-order chi connectivity index (χ0) is 15.4. The molecule has 110 valence electrons. The Balaban J connectivity index is 2.17. The van der Waals surface area contributed by atoms with Gasteiger partial charge in [0.1, 0.15) is 6.04 Å². The number of carbonyl (C=O) groups is 3.